The van der Waals surface area contributed by atoms with Crippen molar-refractivity contribution < 1.29 is 48.3 Å². The van der Waals surface area contributed by atoms with Gasteiger partial charge in [-0.2, -0.15) is 0 Å². The monoisotopic (exact) mass is 920 g/mol. The lowest BCUT2D eigenvalue weighted by molar-refractivity contribution is -0.143. The van der Waals surface area contributed by atoms with Gasteiger partial charge in [-0.05, 0) is 61.4 Å². The smallest absolute Gasteiger partial charge is 0.336 e. The maximum Gasteiger partial charge on any atom is 0.336 e. The molecule has 20 heteroatoms. The van der Waals surface area contributed by atoms with Gasteiger partial charge in [0.2, 0.25) is 29.4 Å². The van der Waals surface area contributed by atoms with Gasteiger partial charge in [0.15, 0.2) is 0 Å². The molecule has 8 amide bonds. The molecule has 0 spiro atoms. The molecular weight excluding hydrogens is 871 g/mol. The largest absolute Gasteiger partial charge is 0.478 e. The first-order valence-corrected chi connectivity index (χ1v) is 21.6. The van der Waals surface area contributed by atoms with E-state index in [-0.39, 0.29) is 35.0 Å². The van der Waals surface area contributed by atoms with Crippen molar-refractivity contribution in [3.05, 3.63) is 99.5 Å². The third kappa shape index (κ3) is 12.8. The summed E-state index contributed by atoms with van der Waals surface area (Å²) in [6.45, 7) is 0.799. The number of primary amides is 1. The van der Waals surface area contributed by atoms with Crippen LogP contribution < -0.4 is 37.6 Å². The van der Waals surface area contributed by atoms with E-state index in [1.165, 1.54) is 4.90 Å². The Kier molecular flexibility index (Phi) is 17.2. The number of carboxylic acids is 1. The molecule has 1 saturated heterocycles. The number of amides is 8. The van der Waals surface area contributed by atoms with Crippen LogP contribution in [-0.4, -0.2) is 100 Å². The molecule has 1 saturated carbocycles. The number of hydrogen-bond donors (Lipinski definition) is 8. The van der Waals surface area contributed by atoms with Crippen molar-refractivity contribution in [2.75, 3.05) is 18.4 Å². The summed E-state index contributed by atoms with van der Waals surface area (Å²) >= 11 is 12.3. The third-order valence-electron chi connectivity index (χ3n) is 11.0. The number of para-hydroxylation sites is 1. The van der Waals surface area contributed by atoms with E-state index in [0.29, 0.717) is 30.5 Å². The fraction of sp³-hybridized carbons (Fsp3) is 0.386. The number of ketones is 1. The second-order valence-electron chi connectivity index (χ2n) is 15.6. The number of Topliss-reactive ketones (excluding diaryl/α,β-unsaturated/α-hetero) is 1. The summed E-state index contributed by atoms with van der Waals surface area (Å²) in [5.41, 5.74) is 5.56. The van der Waals surface area contributed by atoms with Crippen LogP contribution in [0.25, 0.3) is 0 Å². The second kappa shape index (κ2) is 22.7. The average Bonchev–Trinajstić information content (AvgIpc) is 3.70. The molecule has 340 valence electrons. The topological polar surface area (TPSA) is 275 Å². The van der Waals surface area contributed by atoms with E-state index in [0.717, 1.165) is 31.4 Å². The predicted octanol–water partition coefficient (Wildman–Crippen LogP) is 3.47. The van der Waals surface area contributed by atoms with Gasteiger partial charge in [0.25, 0.3) is 11.8 Å². The van der Waals surface area contributed by atoms with Gasteiger partial charge in [-0.1, -0.05) is 104 Å². The molecule has 2 aliphatic rings. The highest BCUT2D eigenvalue weighted by Crippen LogP contribution is 2.31. The molecule has 3 aromatic rings. The van der Waals surface area contributed by atoms with E-state index in [1.54, 1.807) is 67.6 Å². The van der Waals surface area contributed by atoms with Gasteiger partial charge in [0.05, 0.1) is 39.8 Å². The number of nitrogens with one attached hydrogen (secondary N) is 6. The Morgan fingerprint density at radius 1 is 0.828 bits per heavy atom. The molecule has 9 N–H and O–H groups in total. The van der Waals surface area contributed by atoms with Crippen molar-refractivity contribution in [1.29, 1.82) is 0 Å². The van der Waals surface area contributed by atoms with Crippen LogP contribution in [0.15, 0.2) is 72.8 Å². The van der Waals surface area contributed by atoms with Crippen LogP contribution in [0.4, 0.5) is 10.5 Å². The summed E-state index contributed by atoms with van der Waals surface area (Å²) in [6.07, 6.45) is 3.55. The molecule has 1 aliphatic heterocycles. The minimum Gasteiger partial charge on any atom is -0.478 e. The van der Waals surface area contributed by atoms with Gasteiger partial charge in [0, 0.05) is 12.2 Å². The molecule has 0 radical (unpaired) electrons. The first-order valence-electron chi connectivity index (χ1n) is 20.8. The standard InChI is InChI=1S/C44H50Cl2N8O10/c1-2-12-32(37(56)41(60)48-22-34(55)52-35(38(47)57)24-13-6-3-7-14-24)51-40(59)33-19-27(50-44(64)49-26-17-10-5-11-18-26)23-54(33)42(61)36(25-15-8-4-9-16-25)53-39(58)28-20-30(45)31(46)21-29(28)43(62)63/h3,5-7,10-11,13-14,17-18,20-21,25,27,32-33,35-36H,2,4,8-9,12,15-16,19,22-23H2,1H3,(H2,47,57)(H,48,60)(H,51,59)(H,52,55)(H,53,58)(H,62,63)(H2,49,50,64)/t27-,32?,33?,35+,36+/m1/s1. The number of carboxylic acid groups (broad SMARTS) is 1. The molecule has 0 bridgehead atoms. The van der Waals surface area contributed by atoms with E-state index in [4.69, 9.17) is 28.9 Å². The number of hydrogen-bond acceptors (Lipinski definition) is 9. The van der Waals surface area contributed by atoms with Gasteiger partial charge in [0.1, 0.15) is 18.1 Å². The zero-order chi connectivity index (χ0) is 46.5. The lowest BCUT2D eigenvalue weighted by atomic mass is 9.83. The summed E-state index contributed by atoms with van der Waals surface area (Å²) < 4.78 is 0. The summed E-state index contributed by atoms with van der Waals surface area (Å²) in [6, 6.07) is 12.1. The number of benzene rings is 3. The Balaban J connectivity index is 1.37. The van der Waals surface area contributed by atoms with Gasteiger partial charge >= 0.3 is 12.0 Å². The zero-order valence-electron chi connectivity index (χ0n) is 34.9. The first kappa shape index (κ1) is 48.5. The lowest BCUT2D eigenvalue weighted by Gasteiger charge is -2.35. The predicted molar refractivity (Wildman–Crippen MR) is 235 cm³/mol. The van der Waals surface area contributed by atoms with Gasteiger partial charge in [-0.25, -0.2) is 9.59 Å². The highest BCUT2D eigenvalue weighted by Gasteiger charge is 2.45. The van der Waals surface area contributed by atoms with Gasteiger partial charge in [-0.3, -0.25) is 33.6 Å². The van der Waals surface area contributed by atoms with Crippen molar-refractivity contribution >= 4 is 82.1 Å². The van der Waals surface area contributed by atoms with E-state index in [9.17, 15) is 48.3 Å². The SMILES string of the molecule is CCCC(NC(=O)C1C[C@@H](NC(=O)Nc2ccccc2)CN1C(=O)[C@@H](NC(=O)c1cc(Cl)c(Cl)cc1C(=O)O)C1CCCCC1)C(=O)C(=O)NCC(=O)N[C@H](C(N)=O)c1ccccc1. The number of aromatic carboxylic acids is 1. The Labute approximate surface area is 378 Å². The van der Waals surface area contributed by atoms with Gasteiger partial charge < -0.3 is 47.6 Å². The first-order chi connectivity index (χ1) is 30.6. The number of nitrogens with zero attached hydrogens (tertiary/aromatic N) is 1. The lowest BCUT2D eigenvalue weighted by Crippen LogP contribution is -2.58. The van der Waals surface area contributed by atoms with E-state index >= 15 is 0 Å². The van der Waals surface area contributed by atoms with Crippen LogP contribution in [-0.2, 0) is 28.8 Å². The minimum atomic E-state index is -1.46. The third-order valence-corrected chi connectivity index (χ3v) is 11.8. The maximum atomic E-state index is 14.8. The number of likely N-dealkylation sites (tertiary alicyclic amines) is 1. The molecule has 1 heterocycles. The van der Waals surface area contributed by atoms with E-state index in [1.807, 2.05) is 0 Å². The van der Waals surface area contributed by atoms with Crippen molar-refractivity contribution in [3.8, 4) is 0 Å². The normalized spacial score (nSPS) is 17.5. The minimum absolute atomic E-state index is 0.0138. The number of carbonyl (C=O) groups is 9. The molecule has 5 rings (SSSR count). The summed E-state index contributed by atoms with van der Waals surface area (Å²) in [7, 11) is 0. The van der Waals surface area contributed by atoms with E-state index in [2.05, 4.69) is 31.9 Å². The summed E-state index contributed by atoms with van der Waals surface area (Å²) in [4.78, 5) is 121. The highest BCUT2D eigenvalue weighted by molar-refractivity contribution is 6.42. The van der Waals surface area contributed by atoms with Crippen LogP contribution in [0.5, 0.6) is 0 Å². The van der Waals surface area contributed by atoms with Crippen LogP contribution in [0.1, 0.15) is 90.6 Å². The van der Waals surface area contributed by atoms with Crippen LogP contribution in [0.2, 0.25) is 10.0 Å². The molecule has 5 atom stereocenters. The Hall–Kier alpha value is -6.53. The van der Waals surface area contributed by atoms with Crippen LogP contribution in [0.3, 0.4) is 0 Å². The molecule has 3 aromatic carbocycles. The number of nitrogens with two attached hydrogens (primary N) is 1. The van der Waals surface area contributed by atoms with E-state index < -0.39 is 101 Å². The highest BCUT2D eigenvalue weighted by atomic mass is 35.5. The number of halogens is 2. The quantitative estimate of drug-likeness (QED) is 0.0861. The second-order valence-corrected chi connectivity index (χ2v) is 16.4. The summed E-state index contributed by atoms with van der Waals surface area (Å²) in [5.74, 6) is -8.32. The van der Waals surface area contributed by atoms with Crippen molar-refractivity contribution in [2.45, 2.75) is 88.5 Å². The zero-order valence-corrected chi connectivity index (χ0v) is 36.4. The molecule has 0 aromatic heterocycles. The summed E-state index contributed by atoms with van der Waals surface area (Å²) in [5, 5.41) is 25.1. The van der Waals surface area contributed by atoms with Crippen molar-refractivity contribution in [2.24, 2.45) is 11.7 Å². The molecule has 2 unspecified atom stereocenters. The van der Waals surface area contributed by atoms with Crippen molar-refractivity contribution in [3.63, 3.8) is 0 Å². The molecule has 1 aliphatic carbocycles. The fourth-order valence-corrected chi connectivity index (χ4v) is 8.20. The number of carbonyl (C=O) groups excluding carboxylic acids is 8. The maximum absolute atomic E-state index is 14.8. The number of rotatable bonds is 18. The number of urea groups is 1. The Morgan fingerprint density at radius 3 is 2.06 bits per heavy atom. The molecule has 2 fully saturated rings. The molecular formula is C44H50Cl2N8O10. The van der Waals surface area contributed by atoms with Crippen LogP contribution in [0, 0.1) is 5.92 Å². The molecule has 64 heavy (non-hydrogen) atoms. The molecule has 18 nitrogen and oxygen atoms in total. The Bertz CT molecular complexity index is 2240. The average molecular weight is 922 g/mol. The Morgan fingerprint density at radius 2 is 1.45 bits per heavy atom. The van der Waals surface area contributed by atoms with Crippen LogP contribution >= 0.6 is 23.2 Å². The van der Waals surface area contributed by atoms with Crippen molar-refractivity contribution in [1.82, 2.24) is 31.5 Å². The van der Waals surface area contributed by atoms with Gasteiger partial charge in [-0.15, -0.1) is 0 Å². The number of anilines is 1. The fourth-order valence-electron chi connectivity index (χ4n) is 7.87.